The van der Waals surface area contributed by atoms with Gasteiger partial charge in [0.05, 0.1) is 12.2 Å². The van der Waals surface area contributed by atoms with Crippen molar-refractivity contribution in [2.24, 2.45) is 0 Å². The second-order valence-corrected chi connectivity index (χ2v) is 10.1. The molecule has 2 atom stereocenters. The van der Waals surface area contributed by atoms with E-state index in [9.17, 15) is 9.18 Å². The van der Waals surface area contributed by atoms with E-state index in [-0.39, 0.29) is 29.9 Å². The summed E-state index contributed by atoms with van der Waals surface area (Å²) in [5, 5.41) is 1.59. The molecule has 2 saturated heterocycles. The van der Waals surface area contributed by atoms with Gasteiger partial charge in [0.2, 0.25) is 0 Å². The number of nitrogens with one attached hydrogen (secondary N) is 1. The Balaban J connectivity index is 1.36. The van der Waals surface area contributed by atoms with Gasteiger partial charge < -0.3 is 14.6 Å². The maximum Gasteiger partial charge on any atom is 0.270 e. The molecule has 3 heterocycles. The van der Waals surface area contributed by atoms with E-state index in [2.05, 4.69) is 16.0 Å². The first-order valence-corrected chi connectivity index (χ1v) is 12.5. The van der Waals surface area contributed by atoms with Crippen molar-refractivity contribution in [2.75, 3.05) is 26.2 Å². The Morgan fingerprint density at radius 2 is 1.79 bits per heavy atom. The highest BCUT2D eigenvalue weighted by molar-refractivity contribution is 6.31. The van der Waals surface area contributed by atoms with Crippen LogP contribution in [0.25, 0.3) is 10.9 Å². The normalized spacial score (nSPS) is 22.4. The minimum absolute atomic E-state index is 0.0183. The highest BCUT2D eigenvalue weighted by Gasteiger charge is 2.31. The third kappa shape index (κ3) is 4.59. The molecule has 0 saturated carbocycles. The fraction of sp³-hybridized carbons (Fsp3) is 0.444. The molecule has 180 valence electrons. The molecule has 0 aliphatic carbocycles. The van der Waals surface area contributed by atoms with Crippen LogP contribution in [-0.4, -0.2) is 59.1 Å². The lowest BCUT2D eigenvalue weighted by Crippen LogP contribution is -2.48. The van der Waals surface area contributed by atoms with Gasteiger partial charge in [0.1, 0.15) is 11.5 Å². The van der Waals surface area contributed by atoms with Crippen molar-refractivity contribution < 1.29 is 13.9 Å². The Kier molecular flexibility index (Phi) is 6.65. The molecule has 2 aliphatic rings. The number of piperidine rings is 1. The summed E-state index contributed by atoms with van der Waals surface area (Å²) in [5.74, 6) is -0.0731. The minimum Gasteiger partial charge on any atom is -0.372 e. The first-order valence-electron chi connectivity index (χ1n) is 12.1. The molecule has 0 radical (unpaired) electrons. The van der Waals surface area contributed by atoms with Crippen LogP contribution in [0.5, 0.6) is 0 Å². The molecule has 34 heavy (non-hydrogen) atoms. The summed E-state index contributed by atoms with van der Waals surface area (Å²) in [4.78, 5) is 21.3. The number of hydrogen-bond donors (Lipinski definition) is 1. The zero-order chi connectivity index (χ0) is 23.8. The van der Waals surface area contributed by atoms with E-state index >= 15 is 0 Å². The van der Waals surface area contributed by atoms with Gasteiger partial charge in [-0.25, -0.2) is 4.39 Å². The fourth-order valence-electron chi connectivity index (χ4n) is 5.55. The lowest BCUT2D eigenvalue weighted by molar-refractivity contribution is -0.0587. The van der Waals surface area contributed by atoms with E-state index < -0.39 is 0 Å². The van der Waals surface area contributed by atoms with Gasteiger partial charge in [-0.1, -0.05) is 35.9 Å². The number of para-hydroxylation sites is 1. The number of amides is 1. The molecule has 1 aromatic heterocycles. The summed E-state index contributed by atoms with van der Waals surface area (Å²) in [6.07, 6.45) is 1.71. The summed E-state index contributed by atoms with van der Waals surface area (Å²) in [6, 6.07) is 13.0. The summed E-state index contributed by atoms with van der Waals surface area (Å²) in [6.45, 7) is 7.53. The molecule has 2 aromatic carbocycles. The zero-order valence-corrected chi connectivity index (χ0v) is 20.4. The summed E-state index contributed by atoms with van der Waals surface area (Å²) >= 11 is 6.32. The van der Waals surface area contributed by atoms with E-state index in [4.69, 9.17) is 16.3 Å². The number of likely N-dealkylation sites (tertiary alicyclic amines) is 1. The highest BCUT2D eigenvalue weighted by atomic mass is 35.5. The Morgan fingerprint density at radius 3 is 2.50 bits per heavy atom. The number of H-pyrrole nitrogens is 1. The second-order valence-electron chi connectivity index (χ2n) is 9.68. The number of rotatable bonds is 4. The van der Waals surface area contributed by atoms with Crippen LogP contribution in [0.1, 0.15) is 54.2 Å². The number of morpholine rings is 1. The predicted molar refractivity (Wildman–Crippen MR) is 133 cm³/mol. The number of carbonyl (C=O) groups is 1. The third-order valence-corrected chi connectivity index (χ3v) is 7.44. The third-order valence-electron chi connectivity index (χ3n) is 7.11. The van der Waals surface area contributed by atoms with Gasteiger partial charge >= 0.3 is 0 Å². The predicted octanol–water partition coefficient (Wildman–Crippen LogP) is 5.59. The van der Waals surface area contributed by atoms with E-state index in [1.54, 1.807) is 12.1 Å². The van der Waals surface area contributed by atoms with Crippen LogP contribution in [0.2, 0.25) is 5.02 Å². The number of fused-ring (bicyclic) bond motifs is 1. The van der Waals surface area contributed by atoms with E-state index in [0.717, 1.165) is 42.4 Å². The number of aromatic amines is 1. The van der Waals surface area contributed by atoms with Crippen molar-refractivity contribution in [1.82, 2.24) is 14.8 Å². The van der Waals surface area contributed by atoms with E-state index in [0.29, 0.717) is 35.9 Å². The molecular formula is C27H31ClFN3O2. The number of nitrogens with zero attached hydrogens (tertiary/aromatic N) is 2. The van der Waals surface area contributed by atoms with Gasteiger partial charge in [0.25, 0.3) is 5.91 Å². The van der Waals surface area contributed by atoms with Gasteiger partial charge in [-0.05, 0) is 63.9 Å². The number of hydrogen-bond acceptors (Lipinski definition) is 3. The number of aromatic nitrogens is 1. The SMILES string of the molecule is C[C@@H]1CN(C(=O)c2[nH]c3ccccc3c2CN2CCC(c3c(F)cccc3Cl)CC2)C[C@H](C)O1. The number of halogens is 2. The standard InChI is InChI=1S/C27H31ClFN3O2/c1-17-14-32(15-18(2)34-17)27(33)26-21(20-6-3-4-9-24(20)30-26)16-31-12-10-19(11-13-31)25-22(28)7-5-8-23(25)29/h3-9,17-19,30H,10-16H2,1-2H3/t17-,18+. The maximum atomic E-state index is 14.4. The lowest BCUT2D eigenvalue weighted by atomic mass is 9.88. The van der Waals surface area contributed by atoms with E-state index in [1.807, 2.05) is 36.9 Å². The van der Waals surface area contributed by atoms with Crippen molar-refractivity contribution in [3.63, 3.8) is 0 Å². The average Bonchev–Trinajstić information content (AvgIpc) is 3.17. The van der Waals surface area contributed by atoms with Crippen molar-refractivity contribution >= 4 is 28.4 Å². The Hall–Kier alpha value is -2.41. The van der Waals surface area contributed by atoms with Crippen molar-refractivity contribution in [1.29, 1.82) is 0 Å². The molecule has 0 spiro atoms. The van der Waals surface area contributed by atoms with Crippen LogP contribution in [0.3, 0.4) is 0 Å². The molecule has 5 rings (SSSR count). The molecule has 7 heteroatoms. The summed E-state index contributed by atoms with van der Waals surface area (Å²) < 4.78 is 20.3. The second kappa shape index (κ2) is 9.68. The van der Waals surface area contributed by atoms with Gasteiger partial charge in [-0.3, -0.25) is 9.69 Å². The molecule has 0 unspecified atom stereocenters. The Bertz CT molecular complexity index is 1160. The molecule has 3 aromatic rings. The molecule has 0 bridgehead atoms. The smallest absolute Gasteiger partial charge is 0.270 e. The number of benzene rings is 2. The van der Waals surface area contributed by atoms with Crippen LogP contribution in [0.15, 0.2) is 42.5 Å². The molecule has 1 N–H and O–H groups in total. The van der Waals surface area contributed by atoms with Gasteiger partial charge in [0.15, 0.2) is 0 Å². The summed E-state index contributed by atoms with van der Waals surface area (Å²) in [7, 11) is 0. The maximum absolute atomic E-state index is 14.4. The van der Waals surface area contributed by atoms with Crippen molar-refractivity contribution in [3.05, 3.63) is 70.1 Å². The van der Waals surface area contributed by atoms with Gasteiger partial charge in [-0.2, -0.15) is 0 Å². The number of ether oxygens (including phenoxy) is 1. The molecular weight excluding hydrogens is 453 g/mol. The molecule has 5 nitrogen and oxygen atoms in total. The van der Waals surface area contributed by atoms with Crippen LogP contribution in [0, 0.1) is 5.82 Å². The largest absolute Gasteiger partial charge is 0.372 e. The minimum atomic E-state index is -0.218. The highest BCUT2D eigenvalue weighted by Crippen LogP contribution is 2.35. The first kappa shape index (κ1) is 23.3. The van der Waals surface area contributed by atoms with Crippen molar-refractivity contribution in [3.8, 4) is 0 Å². The quantitative estimate of drug-likeness (QED) is 0.526. The monoisotopic (exact) mass is 483 g/mol. The summed E-state index contributed by atoms with van der Waals surface area (Å²) in [5.41, 5.74) is 3.32. The van der Waals surface area contributed by atoms with Crippen molar-refractivity contribution in [2.45, 2.75) is 51.4 Å². The molecule has 1 amide bonds. The van der Waals surface area contributed by atoms with Gasteiger partial charge in [0, 0.05) is 46.7 Å². The lowest BCUT2D eigenvalue weighted by Gasteiger charge is -2.35. The number of carbonyl (C=O) groups excluding carboxylic acids is 1. The fourth-order valence-corrected chi connectivity index (χ4v) is 5.87. The molecule has 2 fully saturated rings. The van der Waals surface area contributed by atoms with E-state index in [1.165, 1.54) is 6.07 Å². The Labute approximate surface area is 204 Å². The first-order chi connectivity index (χ1) is 16.4. The zero-order valence-electron chi connectivity index (χ0n) is 19.7. The average molecular weight is 484 g/mol. The molecule has 2 aliphatic heterocycles. The van der Waals surface area contributed by atoms with Crippen LogP contribution >= 0.6 is 11.6 Å². The van der Waals surface area contributed by atoms with Crippen LogP contribution < -0.4 is 0 Å². The topological polar surface area (TPSA) is 48.6 Å². The Morgan fingerprint density at radius 1 is 1.09 bits per heavy atom. The van der Waals surface area contributed by atoms with Crippen LogP contribution in [0.4, 0.5) is 4.39 Å². The van der Waals surface area contributed by atoms with Crippen LogP contribution in [-0.2, 0) is 11.3 Å². The van der Waals surface area contributed by atoms with Gasteiger partial charge in [-0.15, -0.1) is 0 Å².